The van der Waals surface area contributed by atoms with E-state index < -0.39 is 0 Å². The number of hydrogen-bond donors (Lipinski definition) is 0. The predicted molar refractivity (Wildman–Crippen MR) is 49.5 cm³/mol. The molecule has 12 heavy (non-hydrogen) atoms. The molecule has 0 aliphatic rings. The molecule has 3 heteroatoms. The molecule has 0 saturated heterocycles. The Morgan fingerprint density at radius 3 is 2.92 bits per heavy atom. The van der Waals surface area contributed by atoms with Crippen molar-refractivity contribution in [3.8, 4) is 0 Å². The van der Waals surface area contributed by atoms with E-state index in [4.69, 9.17) is 0 Å². The quantitative estimate of drug-likeness (QED) is 0.630. The minimum absolute atomic E-state index is 0.987. The SMILES string of the molecule is CN(C)c1cccc2nccn12. The zero-order chi connectivity index (χ0) is 8.55. The number of hydrogen-bond acceptors (Lipinski definition) is 2. The van der Waals surface area contributed by atoms with Crippen molar-refractivity contribution in [2.45, 2.75) is 0 Å². The van der Waals surface area contributed by atoms with E-state index in [9.17, 15) is 0 Å². The molecule has 0 amide bonds. The fraction of sp³-hybridized carbons (Fsp3) is 0.222. The van der Waals surface area contributed by atoms with Crippen LogP contribution in [0, 0.1) is 0 Å². The standard InChI is InChI=1S/C9H11N3/c1-11(2)9-5-3-4-8-10-6-7-12(8)9/h3-7H,1-2H3. The summed E-state index contributed by atoms with van der Waals surface area (Å²) in [4.78, 5) is 6.26. The Labute approximate surface area is 71.3 Å². The zero-order valence-corrected chi connectivity index (χ0v) is 7.23. The third-order valence-corrected chi connectivity index (χ3v) is 1.86. The molecule has 0 bridgehead atoms. The molecule has 2 aromatic rings. The van der Waals surface area contributed by atoms with Crippen LogP contribution in [0.4, 0.5) is 5.82 Å². The van der Waals surface area contributed by atoms with E-state index in [1.54, 1.807) is 0 Å². The molecule has 0 aromatic carbocycles. The van der Waals surface area contributed by atoms with E-state index in [0.717, 1.165) is 11.5 Å². The molecule has 0 spiro atoms. The Morgan fingerprint density at radius 1 is 1.33 bits per heavy atom. The van der Waals surface area contributed by atoms with Gasteiger partial charge in [-0.15, -0.1) is 0 Å². The first-order valence-electron chi connectivity index (χ1n) is 3.88. The molecular weight excluding hydrogens is 150 g/mol. The van der Waals surface area contributed by atoms with Crippen LogP contribution in [0.5, 0.6) is 0 Å². The van der Waals surface area contributed by atoms with Crippen molar-refractivity contribution in [2.24, 2.45) is 0 Å². The van der Waals surface area contributed by atoms with Gasteiger partial charge in [0.05, 0.1) is 0 Å². The molecule has 0 aliphatic carbocycles. The second-order valence-electron chi connectivity index (χ2n) is 2.93. The van der Waals surface area contributed by atoms with Crippen LogP contribution in [0.1, 0.15) is 0 Å². The molecule has 3 nitrogen and oxygen atoms in total. The summed E-state index contributed by atoms with van der Waals surface area (Å²) >= 11 is 0. The predicted octanol–water partition coefficient (Wildman–Crippen LogP) is 1.40. The normalized spacial score (nSPS) is 10.5. The Morgan fingerprint density at radius 2 is 2.17 bits per heavy atom. The lowest BCUT2D eigenvalue weighted by Gasteiger charge is -2.13. The largest absolute Gasteiger partial charge is 0.364 e. The van der Waals surface area contributed by atoms with E-state index in [1.807, 2.05) is 38.6 Å². The van der Waals surface area contributed by atoms with Crippen molar-refractivity contribution in [2.75, 3.05) is 19.0 Å². The number of pyridine rings is 1. The van der Waals surface area contributed by atoms with Gasteiger partial charge in [0.2, 0.25) is 0 Å². The smallest absolute Gasteiger partial charge is 0.138 e. The second kappa shape index (κ2) is 2.52. The first kappa shape index (κ1) is 7.16. The average Bonchev–Trinajstić information content (AvgIpc) is 2.49. The number of imidazole rings is 1. The van der Waals surface area contributed by atoms with Gasteiger partial charge >= 0.3 is 0 Å². The Bertz CT molecular complexity index is 389. The van der Waals surface area contributed by atoms with Crippen LogP contribution in [0.25, 0.3) is 5.65 Å². The molecule has 2 aromatic heterocycles. The fourth-order valence-corrected chi connectivity index (χ4v) is 1.30. The molecule has 0 unspecified atom stereocenters. The number of fused-ring (bicyclic) bond motifs is 1. The van der Waals surface area contributed by atoms with Crippen LogP contribution in [0.15, 0.2) is 30.6 Å². The van der Waals surface area contributed by atoms with Crippen LogP contribution in [0.2, 0.25) is 0 Å². The van der Waals surface area contributed by atoms with Gasteiger partial charge in [0.25, 0.3) is 0 Å². The molecule has 0 N–H and O–H groups in total. The lowest BCUT2D eigenvalue weighted by atomic mass is 10.4. The summed E-state index contributed by atoms with van der Waals surface area (Å²) in [6.45, 7) is 0. The van der Waals surface area contributed by atoms with Crippen molar-refractivity contribution in [1.29, 1.82) is 0 Å². The zero-order valence-electron chi connectivity index (χ0n) is 7.23. The van der Waals surface area contributed by atoms with Gasteiger partial charge in [0, 0.05) is 26.5 Å². The Hall–Kier alpha value is -1.51. The van der Waals surface area contributed by atoms with Gasteiger partial charge in [0.1, 0.15) is 11.5 Å². The summed E-state index contributed by atoms with van der Waals surface area (Å²) in [5.74, 6) is 1.14. The molecule has 2 heterocycles. The maximum absolute atomic E-state index is 4.20. The van der Waals surface area contributed by atoms with Gasteiger partial charge < -0.3 is 4.90 Å². The fourth-order valence-electron chi connectivity index (χ4n) is 1.30. The van der Waals surface area contributed by atoms with E-state index >= 15 is 0 Å². The van der Waals surface area contributed by atoms with Crippen LogP contribution in [0.3, 0.4) is 0 Å². The van der Waals surface area contributed by atoms with Crippen molar-refractivity contribution in [3.05, 3.63) is 30.6 Å². The minimum atomic E-state index is 0.987. The number of nitrogens with zero attached hydrogens (tertiary/aromatic N) is 3. The highest BCUT2D eigenvalue weighted by atomic mass is 15.2. The summed E-state index contributed by atoms with van der Waals surface area (Å²) in [7, 11) is 4.05. The highest BCUT2D eigenvalue weighted by Crippen LogP contribution is 2.12. The van der Waals surface area contributed by atoms with Gasteiger partial charge in [-0.25, -0.2) is 4.98 Å². The molecule has 62 valence electrons. The van der Waals surface area contributed by atoms with Gasteiger partial charge in [0.15, 0.2) is 0 Å². The summed E-state index contributed by atoms with van der Waals surface area (Å²) in [5, 5.41) is 0. The Balaban J connectivity index is 2.73. The minimum Gasteiger partial charge on any atom is -0.364 e. The number of anilines is 1. The van der Waals surface area contributed by atoms with Gasteiger partial charge in [-0.1, -0.05) is 6.07 Å². The summed E-state index contributed by atoms with van der Waals surface area (Å²) in [6, 6.07) is 6.07. The second-order valence-corrected chi connectivity index (χ2v) is 2.93. The molecule has 0 saturated carbocycles. The molecular formula is C9H11N3. The highest BCUT2D eigenvalue weighted by molar-refractivity contribution is 5.50. The van der Waals surface area contributed by atoms with Crippen LogP contribution >= 0.6 is 0 Å². The van der Waals surface area contributed by atoms with E-state index in [2.05, 4.69) is 20.4 Å². The highest BCUT2D eigenvalue weighted by Gasteiger charge is 2.00. The van der Waals surface area contributed by atoms with Crippen molar-refractivity contribution in [1.82, 2.24) is 9.38 Å². The summed E-state index contributed by atoms with van der Waals surface area (Å²) in [6.07, 6.45) is 3.77. The monoisotopic (exact) mass is 161 g/mol. The van der Waals surface area contributed by atoms with E-state index in [-0.39, 0.29) is 0 Å². The van der Waals surface area contributed by atoms with Gasteiger partial charge in [-0.3, -0.25) is 4.40 Å². The van der Waals surface area contributed by atoms with Gasteiger partial charge in [-0.05, 0) is 12.1 Å². The lowest BCUT2D eigenvalue weighted by molar-refractivity contribution is 1.03. The maximum Gasteiger partial charge on any atom is 0.138 e. The first-order chi connectivity index (χ1) is 5.79. The molecule has 0 atom stereocenters. The van der Waals surface area contributed by atoms with Crippen molar-refractivity contribution < 1.29 is 0 Å². The third kappa shape index (κ3) is 0.942. The van der Waals surface area contributed by atoms with Crippen molar-refractivity contribution >= 4 is 11.5 Å². The molecule has 0 aliphatic heterocycles. The maximum atomic E-state index is 4.20. The summed E-state index contributed by atoms with van der Waals surface area (Å²) < 4.78 is 2.06. The van der Waals surface area contributed by atoms with Gasteiger partial charge in [-0.2, -0.15) is 0 Å². The number of aromatic nitrogens is 2. The van der Waals surface area contributed by atoms with Crippen LogP contribution in [-0.2, 0) is 0 Å². The van der Waals surface area contributed by atoms with Crippen LogP contribution in [-0.4, -0.2) is 23.5 Å². The lowest BCUT2D eigenvalue weighted by Crippen LogP contribution is -2.12. The Kier molecular flexibility index (Phi) is 1.50. The first-order valence-corrected chi connectivity index (χ1v) is 3.88. The van der Waals surface area contributed by atoms with E-state index in [0.29, 0.717) is 0 Å². The topological polar surface area (TPSA) is 20.5 Å². The molecule has 2 rings (SSSR count). The average molecular weight is 161 g/mol. The molecule has 0 fully saturated rings. The third-order valence-electron chi connectivity index (χ3n) is 1.86. The van der Waals surface area contributed by atoms with Crippen molar-refractivity contribution in [3.63, 3.8) is 0 Å². The van der Waals surface area contributed by atoms with E-state index in [1.165, 1.54) is 0 Å². The summed E-state index contributed by atoms with van der Waals surface area (Å²) in [5.41, 5.74) is 0.987. The van der Waals surface area contributed by atoms with Crippen LogP contribution < -0.4 is 4.90 Å². The number of rotatable bonds is 1. The molecule has 0 radical (unpaired) electrons.